The molecule has 5 nitrogen and oxygen atoms in total. The number of hydrogen-bond donors (Lipinski definition) is 0. The van der Waals surface area contributed by atoms with E-state index in [2.05, 4.69) is 78.8 Å². The summed E-state index contributed by atoms with van der Waals surface area (Å²) in [4.78, 5) is 10.2. The maximum atomic E-state index is 5.11. The predicted molar refractivity (Wildman–Crippen MR) is 123 cm³/mol. The fraction of sp³-hybridized carbons (Fsp3) is 0.231. The summed E-state index contributed by atoms with van der Waals surface area (Å²) in [5, 5.41) is 9.18. The van der Waals surface area contributed by atoms with Gasteiger partial charge in [0.25, 0.3) is 0 Å². The Kier molecular flexibility index (Phi) is 4.10. The summed E-state index contributed by atoms with van der Waals surface area (Å²) in [6, 6.07) is 19.1. The van der Waals surface area contributed by atoms with Gasteiger partial charge in [-0.15, -0.1) is 5.10 Å². The summed E-state index contributed by atoms with van der Waals surface area (Å²) in [6.45, 7) is 4.19. The lowest BCUT2D eigenvalue weighted by atomic mass is 9.99. The van der Waals surface area contributed by atoms with Gasteiger partial charge in [-0.25, -0.2) is 14.5 Å². The molecule has 0 aliphatic heterocycles. The van der Waals surface area contributed by atoms with E-state index in [1.54, 1.807) is 0 Å². The van der Waals surface area contributed by atoms with Gasteiger partial charge < -0.3 is 0 Å². The Labute approximate surface area is 180 Å². The van der Waals surface area contributed by atoms with E-state index < -0.39 is 0 Å². The fourth-order valence-corrected chi connectivity index (χ4v) is 4.47. The maximum absolute atomic E-state index is 5.11. The summed E-state index contributed by atoms with van der Waals surface area (Å²) in [7, 11) is 0. The smallest absolute Gasteiger partial charge is 0.123 e. The van der Waals surface area contributed by atoms with Crippen LogP contribution >= 0.6 is 0 Å². The minimum atomic E-state index is 0.851. The van der Waals surface area contributed by atoms with Crippen LogP contribution in [0.4, 0.5) is 0 Å². The van der Waals surface area contributed by atoms with E-state index in [-0.39, 0.29) is 0 Å². The number of aryl methyl sites for hydroxylation is 4. The van der Waals surface area contributed by atoms with Gasteiger partial charge in [0.05, 0.1) is 22.6 Å². The second-order valence-corrected chi connectivity index (χ2v) is 8.52. The van der Waals surface area contributed by atoms with Crippen molar-refractivity contribution in [3.05, 3.63) is 77.1 Å². The highest BCUT2D eigenvalue weighted by molar-refractivity contribution is 6.00. The molecule has 5 heteroatoms. The van der Waals surface area contributed by atoms with E-state index in [1.807, 2.05) is 4.52 Å². The molecular weight excluding hydrogens is 382 g/mol. The van der Waals surface area contributed by atoms with Crippen LogP contribution in [0.2, 0.25) is 0 Å². The van der Waals surface area contributed by atoms with Crippen molar-refractivity contribution in [2.75, 3.05) is 0 Å². The minimum absolute atomic E-state index is 0.851. The summed E-state index contributed by atoms with van der Waals surface area (Å²) < 4.78 is 1.94. The Morgan fingerprint density at radius 1 is 0.742 bits per heavy atom. The fourth-order valence-electron chi connectivity index (χ4n) is 4.47. The van der Waals surface area contributed by atoms with Crippen molar-refractivity contribution in [3.8, 4) is 22.5 Å². The Balaban J connectivity index is 1.71. The third kappa shape index (κ3) is 3.00. The average Bonchev–Trinajstić information content (AvgIpc) is 3.24. The average molecular weight is 406 g/mol. The van der Waals surface area contributed by atoms with Gasteiger partial charge in [0.1, 0.15) is 16.7 Å². The Hall–Kier alpha value is -3.60. The van der Waals surface area contributed by atoms with E-state index in [1.165, 1.54) is 24.0 Å². The van der Waals surface area contributed by atoms with Crippen molar-refractivity contribution in [2.24, 2.45) is 0 Å². The van der Waals surface area contributed by atoms with Crippen LogP contribution in [0.1, 0.15) is 35.4 Å². The molecule has 3 aromatic heterocycles. The van der Waals surface area contributed by atoms with Crippen molar-refractivity contribution in [2.45, 2.75) is 39.5 Å². The molecule has 6 rings (SSSR count). The molecule has 0 amide bonds. The highest BCUT2D eigenvalue weighted by Crippen LogP contribution is 2.33. The van der Waals surface area contributed by atoms with Crippen LogP contribution in [-0.4, -0.2) is 24.8 Å². The largest absolute Gasteiger partial charge is 0.249 e. The predicted octanol–water partition coefficient (Wildman–Crippen LogP) is 5.50. The zero-order chi connectivity index (χ0) is 20.9. The van der Waals surface area contributed by atoms with Crippen LogP contribution in [0.5, 0.6) is 0 Å². The number of rotatable bonds is 2. The van der Waals surface area contributed by atoms with Crippen molar-refractivity contribution >= 4 is 16.6 Å². The summed E-state index contributed by atoms with van der Waals surface area (Å²) >= 11 is 0. The topological polar surface area (TPSA) is 56.0 Å². The van der Waals surface area contributed by atoms with Crippen molar-refractivity contribution in [1.82, 2.24) is 24.8 Å². The third-order valence-corrected chi connectivity index (χ3v) is 6.22. The van der Waals surface area contributed by atoms with Gasteiger partial charge in [0.2, 0.25) is 0 Å². The molecule has 1 aliphatic carbocycles. The Morgan fingerprint density at radius 3 is 2.03 bits per heavy atom. The zero-order valence-corrected chi connectivity index (χ0v) is 17.8. The lowest BCUT2D eigenvalue weighted by molar-refractivity contribution is 0.655. The van der Waals surface area contributed by atoms with Gasteiger partial charge in [-0.2, -0.15) is 0 Å². The van der Waals surface area contributed by atoms with E-state index in [9.17, 15) is 0 Å². The van der Waals surface area contributed by atoms with Crippen LogP contribution in [-0.2, 0) is 12.8 Å². The molecule has 0 saturated heterocycles. The van der Waals surface area contributed by atoms with Gasteiger partial charge in [-0.3, -0.25) is 0 Å². The molecule has 3 heterocycles. The van der Waals surface area contributed by atoms with Crippen molar-refractivity contribution < 1.29 is 0 Å². The minimum Gasteiger partial charge on any atom is -0.249 e. The molecule has 0 unspecified atom stereocenters. The van der Waals surface area contributed by atoms with E-state index in [0.29, 0.717) is 0 Å². The number of fused-ring (bicyclic) bond motifs is 4. The van der Waals surface area contributed by atoms with Crippen molar-refractivity contribution in [1.29, 1.82) is 0 Å². The molecule has 152 valence electrons. The number of hydrogen-bond acceptors (Lipinski definition) is 4. The summed E-state index contributed by atoms with van der Waals surface area (Å²) in [5.41, 5.74) is 11.4. The highest BCUT2D eigenvalue weighted by Gasteiger charge is 2.21. The Bertz CT molecular complexity index is 1430. The standard InChI is InChI=1S/C26H23N5/c1-16-7-11-18(12-8-16)23-15-22-25(28-21-6-4-3-5-20(21)27-22)26-24(29-30-31(23)26)19-13-9-17(2)10-14-19/h7-15H,3-6H2,1-2H3. The molecule has 31 heavy (non-hydrogen) atoms. The first-order valence-corrected chi connectivity index (χ1v) is 10.9. The van der Waals surface area contributed by atoms with Gasteiger partial charge >= 0.3 is 0 Å². The second kappa shape index (κ2) is 6.98. The zero-order valence-electron chi connectivity index (χ0n) is 17.8. The van der Waals surface area contributed by atoms with Crippen LogP contribution in [0.3, 0.4) is 0 Å². The number of pyridine rings is 1. The van der Waals surface area contributed by atoms with E-state index >= 15 is 0 Å². The molecule has 0 N–H and O–H groups in total. The van der Waals surface area contributed by atoms with Gasteiger partial charge in [-0.1, -0.05) is 64.9 Å². The van der Waals surface area contributed by atoms with Gasteiger partial charge in [0, 0.05) is 11.1 Å². The summed E-state index contributed by atoms with van der Waals surface area (Å²) in [5.74, 6) is 0. The van der Waals surface area contributed by atoms with Crippen LogP contribution in [0.25, 0.3) is 39.1 Å². The number of aromatic nitrogens is 5. The molecule has 5 aromatic rings. The first-order valence-electron chi connectivity index (χ1n) is 10.9. The summed E-state index contributed by atoms with van der Waals surface area (Å²) in [6.07, 6.45) is 4.35. The van der Waals surface area contributed by atoms with Gasteiger partial charge in [-0.05, 0) is 45.6 Å². The van der Waals surface area contributed by atoms with Crippen LogP contribution in [0.15, 0.2) is 54.6 Å². The van der Waals surface area contributed by atoms with Gasteiger partial charge in [0.15, 0.2) is 0 Å². The molecule has 0 saturated carbocycles. The molecule has 0 fully saturated rings. The second-order valence-electron chi connectivity index (χ2n) is 8.52. The lowest BCUT2D eigenvalue weighted by Crippen LogP contribution is -2.09. The molecule has 0 spiro atoms. The molecule has 0 radical (unpaired) electrons. The normalized spacial score (nSPS) is 13.6. The monoisotopic (exact) mass is 405 g/mol. The first kappa shape index (κ1) is 18.2. The molecule has 0 atom stereocenters. The molecule has 2 aromatic carbocycles. The Morgan fingerprint density at radius 2 is 1.35 bits per heavy atom. The number of benzene rings is 2. The third-order valence-electron chi connectivity index (χ3n) is 6.22. The maximum Gasteiger partial charge on any atom is 0.123 e. The first-order chi connectivity index (χ1) is 15.2. The quantitative estimate of drug-likeness (QED) is 0.389. The highest BCUT2D eigenvalue weighted by atomic mass is 15.4. The van der Waals surface area contributed by atoms with E-state index in [4.69, 9.17) is 9.97 Å². The van der Waals surface area contributed by atoms with Crippen LogP contribution < -0.4 is 0 Å². The SMILES string of the molecule is Cc1ccc(-c2nnn3c(-c4ccc(C)cc4)cc4nc5c(nc4c23)CCCC5)cc1. The van der Waals surface area contributed by atoms with E-state index in [0.717, 1.165) is 63.3 Å². The lowest BCUT2D eigenvalue weighted by Gasteiger charge is -2.16. The van der Waals surface area contributed by atoms with Crippen LogP contribution in [0, 0.1) is 13.8 Å². The molecule has 1 aliphatic rings. The molecular formula is C26H23N5. The number of nitrogens with zero attached hydrogens (tertiary/aromatic N) is 5. The molecule has 0 bridgehead atoms. The van der Waals surface area contributed by atoms with Crippen molar-refractivity contribution in [3.63, 3.8) is 0 Å².